The molecule has 7 heteroatoms. The zero-order valence-electron chi connectivity index (χ0n) is 15.6. The third-order valence-electron chi connectivity index (χ3n) is 5.21. The molecule has 0 radical (unpaired) electrons. The summed E-state index contributed by atoms with van der Waals surface area (Å²) in [7, 11) is 0. The highest BCUT2D eigenvalue weighted by Crippen LogP contribution is 2.33. The van der Waals surface area contributed by atoms with Crippen LogP contribution in [-0.4, -0.2) is 54.9 Å². The maximum atomic E-state index is 13.7. The molecule has 2 saturated heterocycles. The van der Waals surface area contributed by atoms with Gasteiger partial charge in [-0.3, -0.25) is 4.90 Å². The molecule has 2 fully saturated rings. The molecule has 0 unspecified atom stereocenters. The predicted molar refractivity (Wildman–Crippen MR) is 105 cm³/mol. The fourth-order valence-corrected chi connectivity index (χ4v) is 4.88. The summed E-state index contributed by atoms with van der Waals surface area (Å²) in [6, 6.07) is 7.41. The number of aromatic nitrogens is 1. The Kier molecular flexibility index (Phi) is 5.73. The van der Waals surface area contributed by atoms with Gasteiger partial charge < -0.3 is 14.8 Å². The van der Waals surface area contributed by atoms with Gasteiger partial charge in [0.05, 0.1) is 19.8 Å². The van der Waals surface area contributed by atoms with E-state index in [-0.39, 0.29) is 11.4 Å². The molecule has 2 atom stereocenters. The number of hydrogen-bond donors (Lipinski definition) is 1. The molecule has 146 valence electrons. The standard InChI is InChI=1S/C20H26FN3O2S/c1-15-4-5-17(27-15)11-24-7-8-25-14-20(13-24)9-16(12-26-20)10-23-19-18(21)3-2-6-22-19/h2-6,16H,7-14H2,1H3,(H,22,23)/t16-,20+/m1/s1. The van der Waals surface area contributed by atoms with Gasteiger partial charge in [-0.25, -0.2) is 9.37 Å². The fourth-order valence-electron chi connectivity index (χ4n) is 3.95. The molecule has 4 heterocycles. The van der Waals surface area contributed by atoms with Gasteiger partial charge in [-0.05, 0) is 37.6 Å². The summed E-state index contributed by atoms with van der Waals surface area (Å²) >= 11 is 1.85. The number of nitrogens with zero attached hydrogens (tertiary/aromatic N) is 2. The van der Waals surface area contributed by atoms with Crippen molar-refractivity contribution in [2.45, 2.75) is 25.5 Å². The largest absolute Gasteiger partial charge is 0.377 e. The van der Waals surface area contributed by atoms with Crippen LogP contribution in [0.2, 0.25) is 0 Å². The van der Waals surface area contributed by atoms with Gasteiger partial charge in [-0.2, -0.15) is 0 Å². The van der Waals surface area contributed by atoms with Crippen LogP contribution in [0.25, 0.3) is 0 Å². The van der Waals surface area contributed by atoms with Gasteiger partial charge in [0, 0.05) is 48.0 Å². The summed E-state index contributed by atoms with van der Waals surface area (Å²) in [6.07, 6.45) is 2.51. The Morgan fingerprint density at radius 2 is 2.33 bits per heavy atom. The number of rotatable bonds is 5. The number of ether oxygens (including phenoxy) is 2. The molecule has 0 bridgehead atoms. The third-order valence-corrected chi connectivity index (χ3v) is 6.19. The van der Waals surface area contributed by atoms with Crippen LogP contribution in [0, 0.1) is 18.7 Å². The maximum absolute atomic E-state index is 13.7. The molecule has 2 aliphatic heterocycles. The smallest absolute Gasteiger partial charge is 0.165 e. The summed E-state index contributed by atoms with van der Waals surface area (Å²) in [5, 5.41) is 3.13. The lowest BCUT2D eigenvalue weighted by molar-refractivity contribution is -0.0561. The van der Waals surface area contributed by atoms with Crippen molar-refractivity contribution in [3.8, 4) is 0 Å². The van der Waals surface area contributed by atoms with Crippen LogP contribution in [0.3, 0.4) is 0 Å². The lowest BCUT2D eigenvalue weighted by atomic mass is 9.94. The van der Waals surface area contributed by atoms with Crippen LogP contribution in [0.4, 0.5) is 10.2 Å². The molecule has 5 nitrogen and oxygen atoms in total. The van der Waals surface area contributed by atoms with Crippen LogP contribution in [0.5, 0.6) is 0 Å². The van der Waals surface area contributed by atoms with Crippen molar-refractivity contribution in [3.05, 3.63) is 46.0 Å². The van der Waals surface area contributed by atoms with E-state index in [4.69, 9.17) is 9.47 Å². The Morgan fingerprint density at radius 3 is 3.15 bits per heavy atom. The molecule has 2 aliphatic rings. The summed E-state index contributed by atoms with van der Waals surface area (Å²) in [5.41, 5.74) is -0.266. The van der Waals surface area contributed by atoms with E-state index in [9.17, 15) is 4.39 Å². The molecule has 0 aromatic carbocycles. The SMILES string of the molecule is Cc1ccc(CN2CCOC[C@]3(C[C@H](CNc4ncccc4F)CO3)C2)s1. The number of nitrogens with one attached hydrogen (secondary N) is 1. The Hall–Kier alpha value is -1.54. The van der Waals surface area contributed by atoms with Gasteiger partial charge in [0.2, 0.25) is 0 Å². The van der Waals surface area contributed by atoms with Crippen LogP contribution < -0.4 is 5.32 Å². The lowest BCUT2D eigenvalue weighted by Crippen LogP contribution is -2.43. The monoisotopic (exact) mass is 391 g/mol. The van der Waals surface area contributed by atoms with E-state index in [0.717, 1.165) is 32.7 Å². The van der Waals surface area contributed by atoms with Crippen molar-refractivity contribution in [3.63, 3.8) is 0 Å². The minimum Gasteiger partial charge on any atom is -0.377 e. The second kappa shape index (κ2) is 8.22. The van der Waals surface area contributed by atoms with Crippen molar-refractivity contribution in [2.75, 3.05) is 44.8 Å². The average Bonchev–Trinajstić information content (AvgIpc) is 3.18. The molecule has 0 aliphatic carbocycles. The van der Waals surface area contributed by atoms with Crippen LogP contribution in [-0.2, 0) is 16.0 Å². The quantitative estimate of drug-likeness (QED) is 0.847. The van der Waals surface area contributed by atoms with Crippen molar-refractivity contribution in [1.82, 2.24) is 9.88 Å². The van der Waals surface area contributed by atoms with Crippen LogP contribution >= 0.6 is 11.3 Å². The fraction of sp³-hybridized carbons (Fsp3) is 0.550. The van der Waals surface area contributed by atoms with Crippen molar-refractivity contribution >= 4 is 17.2 Å². The van der Waals surface area contributed by atoms with E-state index in [1.807, 2.05) is 11.3 Å². The Labute approximate surface area is 163 Å². The van der Waals surface area contributed by atoms with Gasteiger partial charge in [-0.1, -0.05) is 0 Å². The van der Waals surface area contributed by atoms with Crippen molar-refractivity contribution < 1.29 is 13.9 Å². The minimum atomic E-state index is -0.318. The number of hydrogen-bond acceptors (Lipinski definition) is 6. The van der Waals surface area contributed by atoms with Crippen molar-refractivity contribution in [2.24, 2.45) is 5.92 Å². The van der Waals surface area contributed by atoms with Gasteiger partial charge in [0.15, 0.2) is 11.6 Å². The van der Waals surface area contributed by atoms with Crippen LogP contribution in [0.15, 0.2) is 30.5 Å². The second-order valence-electron chi connectivity index (χ2n) is 7.55. The number of pyridine rings is 1. The van der Waals surface area contributed by atoms with E-state index < -0.39 is 0 Å². The Bertz CT molecular complexity index is 771. The lowest BCUT2D eigenvalue weighted by Gasteiger charge is -2.31. The Balaban J connectivity index is 1.35. The second-order valence-corrected chi connectivity index (χ2v) is 8.93. The number of aryl methyl sites for hydroxylation is 1. The zero-order chi connectivity index (χ0) is 18.7. The number of thiophene rings is 1. The molecule has 1 N–H and O–H groups in total. The molecule has 27 heavy (non-hydrogen) atoms. The van der Waals surface area contributed by atoms with E-state index >= 15 is 0 Å². The summed E-state index contributed by atoms with van der Waals surface area (Å²) < 4.78 is 25.9. The van der Waals surface area contributed by atoms with Crippen LogP contribution in [0.1, 0.15) is 16.2 Å². The molecule has 1 spiro atoms. The minimum absolute atomic E-state index is 0.266. The number of anilines is 1. The number of halogens is 1. The highest BCUT2D eigenvalue weighted by Gasteiger charge is 2.43. The molecule has 0 amide bonds. The maximum Gasteiger partial charge on any atom is 0.165 e. The average molecular weight is 392 g/mol. The normalized spacial score (nSPS) is 26.4. The molecule has 2 aromatic heterocycles. The Morgan fingerprint density at radius 1 is 1.41 bits per heavy atom. The molecule has 4 rings (SSSR count). The summed E-state index contributed by atoms with van der Waals surface area (Å²) in [6.45, 7) is 7.55. The molecule has 2 aromatic rings. The highest BCUT2D eigenvalue weighted by atomic mass is 32.1. The van der Waals surface area contributed by atoms with E-state index in [1.54, 1.807) is 12.3 Å². The molecular formula is C20H26FN3O2S. The summed E-state index contributed by atoms with van der Waals surface area (Å²) in [5.74, 6) is 0.311. The van der Waals surface area contributed by atoms with Gasteiger partial charge in [0.25, 0.3) is 0 Å². The van der Waals surface area contributed by atoms with Crippen molar-refractivity contribution in [1.29, 1.82) is 0 Å². The van der Waals surface area contributed by atoms with Gasteiger partial charge in [-0.15, -0.1) is 11.3 Å². The summed E-state index contributed by atoms with van der Waals surface area (Å²) in [4.78, 5) is 9.22. The van der Waals surface area contributed by atoms with E-state index in [2.05, 4.69) is 34.3 Å². The van der Waals surface area contributed by atoms with Gasteiger partial charge >= 0.3 is 0 Å². The topological polar surface area (TPSA) is 46.6 Å². The highest BCUT2D eigenvalue weighted by molar-refractivity contribution is 7.11. The molecule has 0 saturated carbocycles. The first-order valence-electron chi connectivity index (χ1n) is 9.46. The zero-order valence-corrected chi connectivity index (χ0v) is 16.4. The predicted octanol–water partition coefficient (Wildman–Crippen LogP) is 3.31. The first-order chi connectivity index (χ1) is 13.1. The van der Waals surface area contributed by atoms with Gasteiger partial charge in [0.1, 0.15) is 5.60 Å². The molecular weight excluding hydrogens is 365 g/mol. The first-order valence-corrected chi connectivity index (χ1v) is 10.3. The first kappa shape index (κ1) is 18.8. The third kappa shape index (κ3) is 4.66. The van der Waals surface area contributed by atoms with E-state index in [1.165, 1.54) is 15.8 Å². The van der Waals surface area contributed by atoms with E-state index in [0.29, 0.717) is 31.5 Å².